The van der Waals surface area contributed by atoms with Crippen LogP contribution in [0.15, 0.2) is 29.0 Å². The van der Waals surface area contributed by atoms with E-state index in [0.717, 1.165) is 62.8 Å². The number of imidazole rings is 1. The molecular weight excluding hydrogens is 332 g/mol. The highest BCUT2D eigenvalue weighted by Gasteiger charge is 2.27. The van der Waals surface area contributed by atoms with Gasteiger partial charge in [-0.25, -0.2) is 4.98 Å². The van der Waals surface area contributed by atoms with Crippen LogP contribution in [0.4, 0.5) is 0 Å². The van der Waals surface area contributed by atoms with Gasteiger partial charge in [-0.05, 0) is 31.9 Å². The number of likely N-dealkylation sites (tertiary alicyclic amines) is 1. The van der Waals surface area contributed by atoms with Gasteiger partial charge in [0.05, 0.1) is 37.3 Å². The van der Waals surface area contributed by atoms with Gasteiger partial charge in [0.2, 0.25) is 5.91 Å². The number of aromatic nitrogens is 2. The topological polar surface area (TPSA) is 63.7 Å². The first-order chi connectivity index (χ1) is 12.7. The summed E-state index contributed by atoms with van der Waals surface area (Å²) < 4.78 is 13.4. The summed E-state index contributed by atoms with van der Waals surface area (Å²) in [5.41, 5.74) is 1.04. The van der Waals surface area contributed by atoms with Crippen molar-refractivity contribution in [1.82, 2.24) is 19.4 Å². The summed E-state index contributed by atoms with van der Waals surface area (Å²) in [4.78, 5) is 20.9. The normalized spacial score (nSPS) is 20.5. The fraction of sp³-hybridized carbons (Fsp3) is 0.579. The third-order valence-corrected chi connectivity index (χ3v) is 5.37. The Hall–Kier alpha value is -2.12. The molecule has 0 saturated carbocycles. The van der Waals surface area contributed by atoms with Crippen LogP contribution in [0.1, 0.15) is 43.1 Å². The van der Waals surface area contributed by atoms with Crippen molar-refractivity contribution in [3.8, 4) is 0 Å². The molecule has 0 radical (unpaired) electrons. The molecule has 2 aromatic heterocycles. The quantitative estimate of drug-likeness (QED) is 0.792. The Morgan fingerprint density at radius 1 is 1.31 bits per heavy atom. The number of ether oxygens (including phenoxy) is 1. The minimum Gasteiger partial charge on any atom is -0.468 e. The lowest BCUT2D eigenvalue weighted by Gasteiger charge is -2.33. The Bertz CT molecular complexity index is 734. The second kappa shape index (κ2) is 7.63. The summed E-state index contributed by atoms with van der Waals surface area (Å²) in [5, 5.41) is 0. The molecule has 7 heteroatoms. The average molecular weight is 358 g/mol. The molecule has 0 aliphatic carbocycles. The molecule has 4 rings (SSSR count). The second-order valence-corrected chi connectivity index (χ2v) is 7.07. The highest BCUT2D eigenvalue weighted by molar-refractivity contribution is 5.77. The van der Waals surface area contributed by atoms with Gasteiger partial charge in [-0.1, -0.05) is 0 Å². The highest BCUT2D eigenvalue weighted by Crippen LogP contribution is 2.27. The molecule has 2 aliphatic rings. The third-order valence-electron chi connectivity index (χ3n) is 5.37. The summed E-state index contributed by atoms with van der Waals surface area (Å²) in [6.07, 6.45) is 5.80. The number of nitrogens with zero attached hydrogens (tertiary/aromatic N) is 4. The predicted octanol–water partition coefficient (Wildman–Crippen LogP) is 2.19. The van der Waals surface area contributed by atoms with E-state index < -0.39 is 0 Å². The largest absolute Gasteiger partial charge is 0.468 e. The maximum Gasteiger partial charge on any atom is 0.248 e. The molecule has 1 saturated heterocycles. The van der Waals surface area contributed by atoms with Crippen molar-refractivity contribution < 1.29 is 13.9 Å². The van der Waals surface area contributed by atoms with Crippen LogP contribution in [0.3, 0.4) is 0 Å². The van der Waals surface area contributed by atoms with Gasteiger partial charge in [0.1, 0.15) is 18.2 Å². The Balaban J connectivity index is 1.33. The number of carbonyl (C=O) groups is 1. The number of furan rings is 1. The monoisotopic (exact) mass is 358 g/mol. The van der Waals surface area contributed by atoms with E-state index in [1.165, 1.54) is 0 Å². The van der Waals surface area contributed by atoms with E-state index in [9.17, 15) is 4.79 Å². The van der Waals surface area contributed by atoms with Crippen LogP contribution in [0.25, 0.3) is 0 Å². The lowest BCUT2D eigenvalue weighted by molar-refractivity contribution is -0.135. The van der Waals surface area contributed by atoms with E-state index in [1.54, 1.807) is 6.26 Å². The number of carbonyl (C=O) groups excluding carboxylic acids is 1. The fourth-order valence-electron chi connectivity index (χ4n) is 3.84. The van der Waals surface area contributed by atoms with Gasteiger partial charge in [-0.2, -0.15) is 0 Å². The average Bonchev–Trinajstić information content (AvgIpc) is 3.39. The predicted molar refractivity (Wildman–Crippen MR) is 95.2 cm³/mol. The Labute approximate surface area is 153 Å². The SMILES string of the molecule is CC1c2ncc(COCC(=O)N3CCCC3)n2CCN1Cc1ccco1. The van der Waals surface area contributed by atoms with E-state index in [4.69, 9.17) is 9.15 Å². The van der Waals surface area contributed by atoms with Crippen LogP contribution in [-0.2, 0) is 29.2 Å². The van der Waals surface area contributed by atoms with E-state index in [-0.39, 0.29) is 18.6 Å². The van der Waals surface area contributed by atoms with Crippen molar-refractivity contribution in [2.75, 3.05) is 26.2 Å². The van der Waals surface area contributed by atoms with Crippen molar-refractivity contribution >= 4 is 5.91 Å². The first kappa shape index (κ1) is 17.3. The molecule has 7 nitrogen and oxygen atoms in total. The number of fused-ring (bicyclic) bond motifs is 1. The van der Waals surface area contributed by atoms with Crippen LogP contribution >= 0.6 is 0 Å². The van der Waals surface area contributed by atoms with Gasteiger partial charge in [-0.15, -0.1) is 0 Å². The Morgan fingerprint density at radius 2 is 2.15 bits per heavy atom. The molecule has 1 amide bonds. The smallest absolute Gasteiger partial charge is 0.248 e. The van der Waals surface area contributed by atoms with E-state index in [0.29, 0.717) is 6.61 Å². The molecule has 0 aromatic carbocycles. The standard InChI is InChI=1S/C19H26N4O3/c1-15-19-20-11-16(13-25-14-18(24)21-6-2-3-7-21)23(19)9-8-22(15)12-17-5-4-10-26-17/h4-5,10-11,15H,2-3,6-9,12-14H2,1H3. The number of amides is 1. The van der Waals surface area contributed by atoms with Crippen LogP contribution in [0.5, 0.6) is 0 Å². The first-order valence-corrected chi connectivity index (χ1v) is 9.38. The molecule has 4 heterocycles. The van der Waals surface area contributed by atoms with Crippen LogP contribution in [-0.4, -0.2) is 51.5 Å². The van der Waals surface area contributed by atoms with Gasteiger partial charge in [0.25, 0.3) is 0 Å². The zero-order chi connectivity index (χ0) is 17.9. The fourth-order valence-corrected chi connectivity index (χ4v) is 3.84. The van der Waals surface area contributed by atoms with E-state index in [1.807, 2.05) is 23.2 Å². The summed E-state index contributed by atoms with van der Waals surface area (Å²) in [7, 11) is 0. The molecule has 1 fully saturated rings. The molecule has 0 spiro atoms. The van der Waals surface area contributed by atoms with Gasteiger partial charge in [-0.3, -0.25) is 9.69 Å². The number of hydrogen-bond acceptors (Lipinski definition) is 5. The van der Waals surface area contributed by atoms with Gasteiger partial charge >= 0.3 is 0 Å². The molecule has 2 aliphatic heterocycles. The molecule has 0 bridgehead atoms. The maximum absolute atomic E-state index is 12.1. The van der Waals surface area contributed by atoms with Crippen molar-refractivity contribution in [2.45, 2.75) is 45.5 Å². The number of rotatable bonds is 6. The second-order valence-electron chi connectivity index (χ2n) is 7.07. The van der Waals surface area contributed by atoms with Crippen molar-refractivity contribution in [2.24, 2.45) is 0 Å². The zero-order valence-electron chi connectivity index (χ0n) is 15.3. The first-order valence-electron chi connectivity index (χ1n) is 9.38. The maximum atomic E-state index is 12.1. The van der Waals surface area contributed by atoms with Gasteiger partial charge in [0.15, 0.2) is 0 Å². The van der Waals surface area contributed by atoms with Crippen molar-refractivity contribution in [3.05, 3.63) is 41.9 Å². The highest BCUT2D eigenvalue weighted by atomic mass is 16.5. The summed E-state index contributed by atoms with van der Waals surface area (Å²) in [5.74, 6) is 2.12. The Kier molecular flexibility index (Phi) is 5.08. The molecule has 26 heavy (non-hydrogen) atoms. The van der Waals surface area contributed by atoms with Gasteiger partial charge in [0, 0.05) is 26.2 Å². The van der Waals surface area contributed by atoms with Crippen molar-refractivity contribution in [3.63, 3.8) is 0 Å². The van der Waals surface area contributed by atoms with Gasteiger partial charge < -0.3 is 18.6 Å². The summed E-state index contributed by atoms with van der Waals surface area (Å²) >= 11 is 0. The molecular formula is C19H26N4O3. The van der Waals surface area contributed by atoms with Crippen LogP contribution in [0.2, 0.25) is 0 Å². The lowest BCUT2D eigenvalue weighted by atomic mass is 10.2. The van der Waals surface area contributed by atoms with E-state index >= 15 is 0 Å². The molecule has 140 valence electrons. The molecule has 1 atom stereocenters. The van der Waals surface area contributed by atoms with E-state index in [2.05, 4.69) is 21.4 Å². The molecule has 1 unspecified atom stereocenters. The van der Waals surface area contributed by atoms with Crippen LogP contribution in [0, 0.1) is 0 Å². The molecule has 0 N–H and O–H groups in total. The minimum absolute atomic E-state index is 0.0962. The zero-order valence-corrected chi connectivity index (χ0v) is 15.3. The molecule has 2 aromatic rings. The minimum atomic E-state index is 0.0962. The van der Waals surface area contributed by atoms with Crippen LogP contribution < -0.4 is 0 Å². The summed E-state index contributed by atoms with van der Waals surface area (Å²) in [6.45, 7) is 7.09. The summed E-state index contributed by atoms with van der Waals surface area (Å²) in [6, 6.07) is 4.14. The third kappa shape index (κ3) is 3.54. The number of hydrogen-bond donors (Lipinski definition) is 0. The van der Waals surface area contributed by atoms with Crippen molar-refractivity contribution in [1.29, 1.82) is 0 Å². The Morgan fingerprint density at radius 3 is 2.92 bits per heavy atom. The lowest BCUT2D eigenvalue weighted by Crippen LogP contribution is -2.37.